The highest BCUT2D eigenvalue weighted by Gasteiger charge is 2.01. The van der Waals surface area contributed by atoms with Crippen molar-refractivity contribution >= 4 is 17.0 Å². The molecule has 0 unspecified atom stereocenters. The maximum absolute atomic E-state index is 8.77. The van der Waals surface area contributed by atoms with Crippen LogP contribution in [0.2, 0.25) is 0 Å². The van der Waals surface area contributed by atoms with E-state index in [1.54, 1.807) is 6.08 Å². The van der Waals surface area contributed by atoms with E-state index in [0.29, 0.717) is 0 Å². The highest BCUT2D eigenvalue weighted by Crippen LogP contribution is 2.23. The Bertz CT molecular complexity index is 923. The van der Waals surface area contributed by atoms with Gasteiger partial charge in [0.05, 0.1) is 5.52 Å². The van der Waals surface area contributed by atoms with Crippen LogP contribution >= 0.6 is 0 Å². The van der Waals surface area contributed by atoms with E-state index >= 15 is 0 Å². The molecule has 0 saturated carbocycles. The summed E-state index contributed by atoms with van der Waals surface area (Å²) in [4.78, 5) is 4.46. The number of hydrogen-bond donors (Lipinski definition) is 0. The summed E-state index contributed by atoms with van der Waals surface area (Å²) in [6, 6.07) is 21.5. The van der Waals surface area contributed by atoms with E-state index in [4.69, 9.17) is 10.5 Å². The Labute approximate surface area is 128 Å². The van der Waals surface area contributed by atoms with E-state index in [-0.39, 0.29) is 5.57 Å². The van der Waals surface area contributed by atoms with Gasteiger partial charge in [-0.25, -0.2) is 0 Å². The maximum atomic E-state index is 8.77. The molecule has 0 radical (unpaired) electrons. The number of allylic oxidation sites excluding steroid dienone is 1. The molecular weight excluding hydrogens is 270 g/mol. The van der Waals surface area contributed by atoms with Crippen molar-refractivity contribution in [2.24, 2.45) is 0 Å². The van der Waals surface area contributed by atoms with Crippen molar-refractivity contribution < 1.29 is 0 Å². The van der Waals surface area contributed by atoms with E-state index in [9.17, 15) is 0 Å². The number of para-hydroxylation sites is 1. The van der Waals surface area contributed by atoms with E-state index in [1.165, 1.54) is 0 Å². The SMILES string of the molecule is N#CC(C#N)=Cc1ccc(-c2cnc3ccccc3c2)cc1. The van der Waals surface area contributed by atoms with Gasteiger partial charge >= 0.3 is 0 Å². The van der Waals surface area contributed by atoms with Gasteiger partial charge in [-0.1, -0.05) is 42.5 Å². The van der Waals surface area contributed by atoms with Crippen molar-refractivity contribution in [3.63, 3.8) is 0 Å². The van der Waals surface area contributed by atoms with Crippen molar-refractivity contribution in [2.75, 3.05) is 0 Å². The number of nitrogens with zero attached hydrogens (tertiary/aromatic N) is 3. The van der Waals surface area contributed by atoms with Crippen LogP contribution in [0.15, 0.2) is 66.4 Å². The second-order valence-electron chi connectivity index (χ2n) is 4.82. The fraction of sp³-hybridized carbons (Fsp3) is 0. The molecule has 3 heteroatoms. The Morgan fingerprint density at radius 1 is 0.909 bits per heavy atom. The summed E-state index contributed by atoms with van der Waals surface area (Å²) in [5.41, 5.74) is 3.98. The Hall–Kier alpha value is -3.43. The molecule has 102 valence electrons. The molecule has 0 amide bonds. The average Bonchev–Trinajstić information content (AvgIpc) is 2.60. The topological polar surface area (TPSA) is 60.5 Å². The minimum Gasteiger partial charge on any atom is -0.256 e. The molecule has 0 aliphatic rings. The van der Waals surface area contributed by atoms with E-state index in [2.05, 4.69) is 11.1 Å². The summed E-state index contributed by atoms with van der Waals surface area (Å²) in [5.74, 6) is 0. The third-order valence-electron chi connectivity index (χ3n) is 3.39. The van der Waals surface area contributed by atoms with Crippen LogP contribution in [0, 0.1) is 22.7 Å². The summed E-state index contributed by atoms with van der Waals surface area (Å²) in [7, 11) is 0. The molecule has 3 rings (SSSR count). The van der Waals surface area contributed by atoms with Gasteiger partial charge in [0.25, 0.3) is 0 Å². The predicted molar refractivity (Wildman–Crippen MR) is 86.4 cm³/mol. The van der Waals surface area contributed by atoms with Crippen molar-refractivity contribution in [2.45, 2.75) is 0 Å². The van der Waals surface area contributed by atoms with Gasteiger partial charge in [0.1, 0.15) is 17.7 Å². The van der Waals surface area contributed by atoms with Crippen LogP contribution in [0.4, 0.5) is 0 Å². The second kappa shape index (κ2) is 5.91. The van der Waals surface area contributed by atoms with E-state index < -0.39 is 0 Å². The quantitative estimate of drug-likeness (QED) is 0.657. The number of nitriles is 2. The summed E-state index contributed by atoms with van der Waals surface area (Å²) >= 11 is 0. The predicted octanol–water partition coefficient (Wildman–Crippen LogP) is 4.33. The van der Waals surface area contributed by atoms with E-state index in [1.807, 2.05) is 66.9 Å². The van der Waals surface area contributed by atoms with Crippen LogP contribution in [-0.4, -0.2) is 4.98 Å². The van der Waals surface area contributed by atoms with Crippen molar-refractivity contribution in [3.05, 3.63) is 71.9 Å². The van der Waals surface area contributed by atoms with Gasteiger partial charge in [0.2, 0.25) is 0 Å². The summed E-state index contributed by atoms with van der Waals surface area (Å²) in [6.07, 6.45) is 3.42. The Balaban J connectivity index is 1.97. The first-order chi connectivity index (χ1) is 10.8. The van der Waals surface area contributed by atoms with Crippen molar-refractivity contribution in [1.29, 1.82) is 10.5 Å². The Morgan fingerprint density at radius 3 is 2.36 bits per heavy atom. The Kier molecular flexibility index (Phi) is 3.64. The van der Waals surface area contributed by atoms with Gasteiger partial charge in [-0.3, -0.25) is 4.98 Å². The van der Waals surface area contributed by atoms with Crippen LogP contribution in [0.1, 0.15) is 5.56 Å². The fourth-order valence-electron chi connectivity index (χ4n) is 2.26. The van der Waals surface area contributed by atoms with Gasteiger partial charge in [-0.15, -0.1) is 0 Å². The number of pyridine rings is 1. The van der Waals surface area contributed by atoms with Crippen LogP contribution in [-0.2, 0) is 0 Å². The lowest BCUT2D eigenvalue weighted by molar-refractivity contribution is 1.41. The summed E-state index contributed by atoms with van der Waals surface area (Å²) in [5, 5.41) is 18.6. The molecular formula is C19H11N3. The largest absolute Gasteiger partial charge is 0.256 e. The highest BCUT2D eigenvalue weighted by atomic mass is 14.6. The number of benzene rings is 2. The van der Waals surface area contributed by atoms with Crippen LogP contribution in [0.25, 0.3) is 28.1 Å². The molecule has 0 spiro atoms. The fourth-order valence-corrected chi connectivity index (χ4v) is 2.26. The normalized spacial score (nSPS) is 9.73. The third kappa shape index (κ3) is 2.70. The van der Waals surface area contributed by atoms with Crippen LogP contribution < -0.4 is 0 Å². The first kappa shape index (κ1) is 13.5. The molecule has 1 aromatic heterocycles. The van der Waals surface area contributed by atoms with Gasteiger partial charge < -0.3 is 0 Å². The maximum Gasteiger partial charge on any atom is 0.130 e. The minimum atomic E-state index is 0.0973. The van der Waals surface area contributed by atoms with Crippen molar-refractivity contribution in [1.82, 2.24) is 4.98 Å². The molecule has 0 aliphatic heterocycles. The molecule has 22 heavy (non-hydrogen) atoms. The standard InChI is InChI=1S/C19H11N3/c20-11-15(12-21)9-14-5-7-16(8-6-14)18-10-17-3-1-2-4-19(17)22-13-18/h1-10,13H. The lowest BCUT2D eigenvalue weighted by atomic mass is 10.0. The third-order valence-corrected chi connectivity index (χ3v) is 3.39. The zero-order chi connectivity index (χ0) is 15.4. The molecule has 0 atom stereocenters. The zero-order valence-electron chi connectivity index (χ0n) is 11.7. The van der Waals surface area contributed by atoms with Crippen LogP contribution in [0.5, 0.6) is 0 Å². The molecule has 3 nitrogen and oxygen atoms in total. The molecule has 0 fully saturated rings. The van der Waals surface area contributed by atoms with Gasteiger partial charge in [-0.05, 0) is 29.3 Å². The zero-order valence-corrected chi connectivity index (χ0v) is 11.7. The van der Waals surface area contributed by atoms with Gasteiger partial charge in [0, 0.05) is 17.1 Å². The molecule has 0 N–H and O–H groups in total. The van der Waals surface area contributed by atoms with Crippen LogP contribution in [0.3, 0.4) is 0 Å². The minimum absolute atomic E-state index is 0.0973. The lowest BCUT2D eigenvalue weighted by Crippen LogP contribution is -1.83. The van der Waals surface area contributed by atoms with Gasteiger partial charge in [0.15, 0.2) is 0 Å². The molecule has 2 aromatic carbocycles. The lowest BCUT2D eigenvalue weighted by Gasteiger charge is -2.04. The highest BCUT2D eigenvalue weighted by molar-refractivity contribution is 5.83. The van der Waals surface area contributed by atoms with Gasteiger partial charge in [-0.2, -0.15) is 10.5 Å². The monoisotopic (exact) mass is 281 g/mol. The molecule has 0 aliphatic carbocycles. The summed E-state index contributed by atoms with van der Waals surface area (Å²) < 4.78 is 0. The van der Waals surface area contributed by atoms with E-state index in [0.717, 1.165) is 27.6 Å². The number of aromatic nitrogens is 1. The number of fused-ring (bicyclic) bond motifs is 1. The first-order valence-corrected chi connectivity index (χ1v) is 6.77. The van der Waals surface area contributed by atoms with Crippen molar-refractivity contribution in [3.8, 4) is 23.3 Å². The molecule has 1 heterocycles. The average molecular weight is 281 g/mol. The molecule has 0 saturated heterocycles. The number of hydrogen-bond acceptors (Lipinski definition) is 3. The summed E-state index contributed by atoms with van der Waals surface area (Å²) in [6.45, 7) is 0. The molecule has 3 aromatic rings. The molecule has 0 bridgehead atoms. The number of rotatable bonds is 2. The second-order valence-corrected chi connectivity index (χ2v) is 4.82. The smallest absolute Gasteiger partial charge is 0.130 e. The first-order valence-electron chi connectivity index (χ1n) is 6.77. The Morgan fingerprint density at radius 2 is 1.64 bits per heavy atom.